The van der Waals surface area contributed by atoms with Gasteiger partial charge in [0.05, 0.1) is 16.2 Å². The van der Waals surface area contributed by atoms with E-state index in [1.165, 1.54) is 12.1 Å². The molecule has 1 aliphatic heterocycles. The zero-order chi connectivity index (χ0) is 18.7. The number of hydrogen-bond donors (Lipinski definition) is 1. The summed E-state index contributed by atoms with van der Waals surface area (Å²) in [4.78, 5) is 13.5. The summed E-state index contributed by atoms with van der Waals surface area (Å²) in [5.41, 5.74) is 1.56. The Morgan fingerprint density at radius 2 is 2.04 bits per heavy atom. The first-order valence-corrected chi connectivity index (χ1v) is 9.90. The molecule has 1 aromatic carbocycles. The number of carbonyl (C=O) groups is 1. The van der Waals surface area contributed by atoms with Crippen LogP contribution in [0.4, 0.5) is 0 Å². The number of fused-ring (bicyclic) bond motifs is 1. The molecule has 7 nitrogen and oxygen atoms in total. The maximum atomic E-state index is 13.5. The van der Waals surface area contributed by atoms with Gasteiger partial charge in [0.15, 0.2) is 12.3 Å². The lowest BCUT2D eigenvalue weighted by molar-refractivity contribution is -0.848. The maximum absolute atomic E-state index is 13.5. The summed E-state index contributed by atoms with van der Waals surface area (Å²) in [6, 6.07) is 6.24. The van der Waals surface area contributed by atoms with Gasteiger partial charge in [-0.05, 0) is 31.5 Å². The predicted molar refractivity (Wildman–Crippen MR) is 94.0 cm³/mol. The number of carbonyl (C=O) groups excluding carboxylic acids is 1. The molecule has 0 bridgehead atoms. The molecule has 1 fully saturated rings. The molecule has 0 saturated heterocycles. The molecule has 0 radical (unpaired) electrons. The number of aryl methyl sites for hydroxylation is 1. The van der Waals surface area contributed by atoms with Crippen molar-refractivity contribution in [1.82, 2.24) is 5.16 Å². The van der Waals surface area contributed by atoms with Crippen LogP contribution < -0.4 is 5.14 Å². The van der Waals surface area contributed by atoms with Crippen LogP contribution in [-0.4, -0.2) is 29.5 Å². The van der Waals surface area contributed by atoms with Crippen LogP contribution in [-0.2, 0) is 16.6 Å². The SMILES string of the molecule is Cc1cc(C[N+]2(C3(C)CC3)C=Cc3ccc(S(N)(=O)=O)cc3C2=O)on1. The average molecular weight is 374 g/mol. The summed E-state index contributed by atoms with van der Waals surface area (Å²) in [7, 11) is -3.88. The number of aromatic nitrogens is 1. The molecule has 2 aliphatic rings. The minimum Gasteiger partial charge on any atom is -0.355 e. The van der Waals surface area contributed by atoms with Gasteiger partial charge in [-0.2, -0.15) is 0 Å². The van der Waals surface area contributed by atoms with Gasteiger partial charge in [-0.15, -0.1) is 0 Å². The monoisotopic (exact) mass is 374 g/mol. The van der Waals surface area contributed by atoms with Crippen molar-refractivity contribution < 1.29 is 22.2 Å². The van der Waals surface area contributed by atoms with Crippen molar-refractivity contribution in [3.05, 3.63) is 53.0 Å². The normalized spacial score (nSPS) is 23.7. The molecule has 1 unspecified atom stereocenters. The Hall–Kier alpha value is -2.29. The summed E-state index contributed by atoms with van der Waals surface area (Å²) >= 11 is 0. The number of amides is 1. The van der Waals surface area contributed by atoms with Gasteiger partial charge < -0.3 is 4.52 Å². The fourth-order valence-corrected chi connectivity index (χ4v) is 4.13. The Bertz CT molecular complexity index is 1050. The quantitative estimate of drug-likeness (QED) is 0.827. The number of quaternary nitrogens is 1. The van der Waals surface area contributed by atoms with E-state index in [0.717, 1.165) is 18.5 Å². The fraction of sp³-hybridized carbons (Fsp3) is 0.333. The minimum atomic E-state index is -3.88. The number of nitrogens with zero attached hydrogens (tertiary/aromatic N) is 2. The number of hydrogen-bond acceptors (Lipinski definition) is 5. The smallest absolute Gasteiger partial charge is 0.351 e. The molecule has 1 amide bonds. The molecule has 8 heteroatoms. The Labute approximate surface area is 151 Å². The van der Waals surface area contributed by atoms with Crippen molar-refractivity contribution in [3.8, 4) is 0 Å². The zero-order valence-electron chi connectivity index (χ0n) is 14.6. The third-order valence-corrected chi connectivity index (χ3v) is 6.38. The van der Waals surface area contributed by atoms with Crippen molar-refractivity contribution in [2.45, 2.75) is 43.7 Å². The number of rotatable bonds is 4. The molecule has 4 rings (SSSR count). The molecule has 2 heterocycles. The lowest BCUT2D eigenvalue weighted by atomic mass is 9.98. The molecular weight excluding hydrogens is 354 g/mol. The predicted octanol–water partition coefficient (Wildman–Crippen LogP) is 2.32. The Morgan fingerprint density at radius 1 is 1.31 bits per heavy atom. The highest BCUT2D eigenvalue weighted by Gasteiger charge is 2.61. The van der Waals surface area contributed by atoms with E-state index in [2.05, 4.69) is 12.1 Å². The van der Waals surface area contributed by atoms with E-state index in [1.54, 1.807) is 6.07 Å². The second-order valence-corrected chi connectivity index (χ2v) is 8.93. The summed E-state index contributed by atoms with van der Waals surface area (Å²) in [6.07, 6.45) is 5.57. The van der Waals surface area contributed by atoms with Crippen molar-refractivity contribution in [1.29, 1.82) is 0 Å². The molecule has 2 aromatic rings. The van der Waals surface area contributed by atoms with Crippen molar-refractivity contribution >= 4 is 22.0 Å². The molecule has 26 heavy (non-hydrogen) atoms. The van der Waals surface area contributed by atoms with Crippen LogP contribution in [0.5, 0.6) is 0 Å². The van der Waals surface area contributed by atoms with Gasteiger partial charge in [0.1, 0.15) is 11.7 Å². The molecule has 1 aromatic heterocycles. The van der Waals surface area contributed by atoms with Crippen LogP contribution in [0.25, 0.3) is 6.08 Å². The second kappa shape index (κ2) is 5.35. The number of primary sulfonamides is 1. The maximum Gasteiger partial charge on any atom is 0.351 e. The molecular formula is C18H20N3O4S+. The minimum absolute atomic E-state index is 0.0582. The summed E-state index contributed by atoms with van der Waals surface area (Å²) in [6.45, 7) is 4.23. The van der Waals surface area contributed by atoms with E-state index in [1.807, 2.05) is 25.3 Å². The van der Waals surface area contributed by atoms with Crippen molar-refractivity contribution in [3.63, 3.8) is 0 Å². The first kappa shape index (κ1) is 17.1. The van der Waals surface area contributed by atoms with E-state index >= 15 is 0 Å². The zero-order valence-corrected chi connectivity index (χ0v) is 15.4. The van der Waals surface area contributed by atoms with Gasteiger partial charge in [-0.3, -0.25) is 0 Å². The van der Waals surface area contributed by atoms with Gasteiger partial charge in [0, 0.05) is 25.0 Å². The second-order valence-electron chi connectivity index (χ2n) is 7.37. The number of benzene rings is 1. The van der Waals surface area contributed by atoms with E-state index in [-0.39, 0.29) is 20.8 Å². The van der Waals surface area contributed by atoms with Crippen molar-refractivity contribution in [2.75, 3.05) is 0 Å². The molecule has 1 saturated carbocycles. The van der Waals surface area contributed by atoms with Gasteiger partial charge in [-0.25, -0.2) is 22.8 Å². The Balaban J connectivity index is 1.84. The summed E-state index contributed by atoms with van der Waals surface area (Å²) in [5.74, 6) is 0.474. The van der Waals surface area contributed by atoms with Gasteiger partial charge >= 0.3 is 5.91 Å². The Kier molecular flexibility index (Phi) is 3.53. The van der Waals surface area contributed by atoms with Crippen molar-refractivity contribution in [2.24, 2.45) is 5.14 Å². The van der Waals surface area contributed by atoms with Crippen LogP contribution in [0.2, 0.25) is 0 Å². The highest BCUT2D eigenvalue weighted by Crippen LogP contribution is 2.51. The lowest BCUT2D eigenvalue weighted by Gasteiger charge is -2.39. The number of sulfonamides is 1. The van der Waals surface area contributed by atoms with Gasteiger partial charge in [0.25, 0.3) is 0 Å². The van der Waals surface area contributed by atoms with Crippen LogP contribution in [0.15, 0.2) is 39.9 Å². The summed E-state index contributed by atoms with van der Waals surface area (Å²) < 4.78 is 28.8. The Morgan fingerprint density at radius 3 is 2.62 bits per heavy atom. The highest BCUT2D eigenvalue weighted by atomic mass is 32.2. The largest absolute Gasteiger partial charge is 0.355 e. The lowest BCUT2D eigenvalue weighted by Crippen LogP contribution is -2.56. The van der Waals surface area contributed by atoms with E-state index in [0.29, 0.717) is 23.4 Å². The molecule has 1 atom stereocenters. The van der Waals surface area contributed by atoms with E-state index in [4.69, 9.17) is 9.66 Å². The highest BCUT2D eigenvalue weighted by molar-refractivity contribution is 7.89. The topological polar surface area (TPSA) is 103 Å². The fourth-order valence-electron chi connectivity index (χ4n) is 3.59. The van der Waals surface area contributed by atoms with Crippen LogP contribution in [0.1, 0.15) is 47.1 Å². The molecule has 136 valence electrons. The first-order valence-electron chi connectivity index (χ1n) is 8.36. The third kappa shape index (κ3) is 2.53. The molecule has 0 spiro atoms. The standard InChI is InChI=1S/C18H20N3O4S/c1-12-9-14(25-20-12)11-21(18(2)6-7-18)8-5-13-3-4-15(26(19,23)24)10-16(13)17(21)22/h3-5,8-10H,6-7,11H2,1-2H3,(H2,19,23,24)/q+1. The molecule has 2 N–H and O–H groups in total. The average Bonchev–Trinajstić information content (AvgIpc) is 3.20. The van der Waals surface area contributed by atoms with E-state index in [9.17, 15) is 13.2 Å². The first-order chi connectivity index (χ1) is 12.1. The third-order valence-electron chi connectivity index (χ3n) is 5.47. The molecule has 1 aliphatic carbocycles. The van der Waals surface area contributed by atoms with Crippen LogP contribution in [0.3, 0.4) is 0 Å². The summed E-state index contributed by atoms with van der Waals surface area (Å²) in [5, 5.41) is 9.16. The van der Waals surface area contributed by atoms with Gasteiger partial charge in [0.2, 0.25) is 10.0 Å². The van der Waals surface area contributed by atoms with Gasteiger partial charge in [-0.1, -0.05) is 11.2 Å². The van der Waals surface area contributed by atoms with Crippen LogP contribution in [0, 0.1) is 6.92 Å². The van der Waals surface area contributed by atoms with E-state index < -0.39 is 10.0 Å². The van der Waals surface area contributed by atoms with Crippen LogP contribution >= 0.6 is 0 Å². The number of nitrogens with two attached hydrogens (primary N) is 1.